The molecule has 2 aromatic rings. The first-order valence-electron chi connectivity index (χ1n) is 7.69. The summed E-state index contributed by atoms with van der Waals surface area (Å²) in [6.07, 6.45) is 0. The molecule has 0 amide bonds. The molecule has 0 aliphatic heterocycles. The minimum atomic E-state index is 0.204. The zero-order chi connectivity index (χ0) is 15.2. The first-order chi connectivity index (χ1) is 10.2. The van der Waals surface area contributed by atoms with E-state index in [1.165, 1.54) is 22.3 Å². The number of hydrogen-bond donors (Lipinski definition) is 1. The summed E-state index contributed by atoms with van der Waals surface area (Å²) in [5.74, 6) is 0.934. The van der Waals surface area contributed by atoms with Crippen molar-refractivity contribution in [1.29, 1.82) is 0 Å². The van der Waals surface area contributed by atoms with E-state index in [4.69, 9.17) is 4.74 Å². The van der Waals surface area contributed by atoms with Gasteiger partial charge in [-0.25, -0.2) is 0 Å². The Bertz CT molecular complexity index is 592. The average Bonchev–Trinajstić information content (AvgIpc) is 2.49. The minimum Gasteiger partial charge on any atom is -0.494 e. The third-order valence-corrected chi connectivity index (χ3v) is 3.87. The van der Waals surface area contributed by atoms with Crippen LogP contribution in [0.1, 0.15) is 42.1 Å². The standard InChI is InChI=1S/C19H25NO/c1-5-20-19(18-12-7-9-14(3)15(18)4)16-10-8-11-17(13-16)21-6-2/h7-13,19-20H,5-6H2,1-4H3. The van der Waals surface area contributed by atoms with E-state index >= 15 is 0 Å². The predicted molar refractivity (Wildman–Crippen MR) is 89.0 cm³/mol. The Kier molecular flexibility index (Phi) is 5.40. The highest BCUT2D eigenvalue weighted by Crippen LogP contribution is 2.28. The van der Waals surface area contributed by atoms with Crippen molar-refractivity contribution >= 4 is 0 Å². The normalized spacial score (nSPS) is 12.2. The number of aryl methyl sites for hydroxylation is 1. The van der Waals surface area contributed by atoms with Gasteiger partial charge >= 0.3 is 0 Å². The van der Waals surface area contributed by atoms with Gasteiger partial charge in [0.1, 0.15) is 5.75 Å². The van der Waals surface area contributed by atoms with E-state index < -0.39 is 0 Å². The van der Waals surface area contributed by atoms with E-state index in [0.717, 1.165) is 12.3 Å². The maximum absolute atomic E-state index is 5.64. The maximum Gasteiger partial charge on any atom is 0.119 e. The van der Waals surface area contributed by atoms with E-state index in [-0.39, 0.29) is 6.04 Å². The number of nitrogens with one attached hydrogen (secondary N) is 1. The molecule has 2 nitrogen and oxygen atoms in total. The molecular formula is C19H25NO. The lowest BCUT2D eigenvalue weighted by Crippen LogP contribution is -2.23. The lowest BCUT2D eigenvalue weighted by molar-refractivity contribution is 0.339. The lowest BCUT2D eigenvalue weighted by atomic mass is 9.92. The second-order valence-electron chi connectivity index (χ2n) is 5.29. The van der Waals surface area contributed by atoms with Crippen LogP contribution < -0.4 is 10.1 Å². The van der Waals surface area contributed by atoms with E-state index in [9.17, 15) is 0 Å². The summed E-state index contributed by atoms with van der Waals surface area (Å²) >= 11 is 0. The van der Waals surface area contributed by atoms with Crippen LogP contribution in [0, 0.1) is 13.8 Å². The molecule has 0 aliphatic rings. The Morgan fingerprint density at radius 3 is 2.52 bits per heavy atom. The van der Waals surface area contributed by atoms with Gasteiger partial charge in [0.2, 0.25) is 0 Å². The van der Waals surface area contributed by atoms with Gasteiger partial charge in [-0.2, -0.15) is 0 Å². The highest BCUT2D eigenvalue weighted by molar-refractivity contribution is 5.42. The molecule has 0 bridgehead atoms. The molecule has 0 aromatic heterocycles. The summed E-state index contributed by atoms with van der Waals surface area (Å²) in [4.78, 5) is 0. The van der Waals surface area contributed by atoms with Gasteiger partial charge in [-0.3, -0.25) is 0 Å². The highest BCUT2D eigenvalue weighted by Gasteiger charge is 2.16. The summed E-state index contributed by atoms with van der Waals surface area (Å²) in [6.45, 7) is 10.1. The van der Waals surface area contributed by atoms with Crippen molar-refractivity contribution < 1.29 is 4.74 Å². The zero-order valence-electron chi connectivity index (χ0n) is 13.4. The van der Waals surface area contributed by atoms with Gasteiger partial charge in [-0.1, -0.05) is 37.3 Å². The van der Waals surface area contributed by atoms with Crippen molar-refractivity contribution in [3.05, 3.63) is 64.7 Å². The Labute approximate surface area is 128 Å². The Hall–Kier alpha value is -1.80. The number of benzene rings is 2. The first kappa shape index (κ1) is 15.6. The molecule has 2 aromatic carbocycles. The summed E-state index contributed by atoms with van der Waals surface area (Å²) in [7, 11) is 0. The second kappa shape index (κ2) is 7.28. The van der Waals surface area contributed by atoms with Crippen molar-refractivity contribution in [2.24, 2.45) is 0 Å². The molecule has 0 heterocycles. The SMILES string of the molecule is CCNC(c1cccc(OCC)c1)c1cccc(C)c1C. The Morgan fingerprint density at radius 2 is 1.81 bits per heavy atom. The third kappa shape index (κ3) is 3.64. The van der Waals surface area contributed by atoms with E-state index in [1.807, 2.05) is 13.0 Å². The molecule has 0 saturated heterocycles. The molecule has 1 atom stereocenters. The van der Waals surface area contributed by atoms with Crippen LogP contribution in [0.5, 0.6) is 5.75 Å². The lowest BCUT2D eigenvalue weighted by Gasteiger charge is -2.22. The Balaban J connectivity index is 2.43. The summed E-state index contributed by atoms with van der Waals surface area (Å²) in [5, 5.41) is 3.60. The van der Waals surface area contributed by atoms with Crippen molar-refractivity contribution in [2.45, 2.75) is 33.7 Å². The van der Waals surface area contributed by atoms with Crippen LogP contribution in [0.15, 0.2) is 42.5 Å². The van der Waals surface area contributed by atoms with Gasteiger partial charge in [0, 0.05) is 0 Å². The molecule has 0 aliphatic carbocycles. The van der Waals surface area contributed by atoms with Crippen molar-refractivity contribution in [3.63, 3.8) is 0 Å². The Morgan fingerprint density at radius 1 is 1.05 bits per heavy atom. The molecule has 2 heteroatoms. The topological polar surface area (TPSA) is 21.3 Å². The van der Waals surface area contributed by atoms with E-state index in [0.29, 0.717) is 6.61 Å². The van der Waals surface area contributed by atoms with Gasteiger partial charge in [-0.15, -0.1) is 0 Å². The van der Waals surface area contributed by atoms with E-state index in [1.54, 1.807) is 0 Å². The molecular weight excluding hydrogens is 258 g/mol. The second-order valence-corrected chi connectivity index (χ2v) is 5.29. The summed E-state index contributed by atoms with van der Waals surface area (Å²) in [5.41, 5.74) is 5.27. The first-order valence-corrected chi connectivity index (χ1v) is 7.69. The van der Waals surface area contributed by atoms with Gasteiger partial charge in [-0.05, 0) is 61.7 Å². The molecule has 112 valence electrons. The molecule has 0 spiro atoms. The molecule has 0 fully saturated rings. The highest BCUT2D eigenvalue weighted by atomic mass is 16.5. The molecule has 0 radical (unpaired) electrons. The maximum atomic E-state index is 5.64. The fraction of sp³-hybridized carbons (Fsp3) is 0.368. The monoisotopic (exact) mass is 283 g/mol. The average molecular weight is 283 g/mol. The largest absolute Gasteiger partial charge is 0.494 e. The predicted octanol–water partition coefficient (Wildman–Crippen LogP) is 4.40. The van der Waals surface area contributed by atoms with Crippen molar-refractivity contribution in [3.8, 4) is 5.75 Å². The van der Waals surface area contributed by atoms with Gasteiger partial charge in [0.05, 0.1) is 12.6 Å². The molecule has 21 heavy (non-hydrogen) atoms. The molecule has 1 unspecified atom stereocenters. The van der Waals surface area contributed by atoms with Crippen molar-refractivity contribution in [2.75, 3.05) is 13.2 Å². The smallest absolute Gasteiger partial charge is 0.119 e. The third-order valence-electron chi connectivity index (χ3n) is 3.87. The number of hydrogen-bond acceptors (Lipinski definition) is 2. The number of rotatable bonds is 6. The minimum absolute atomic E-state index is 0.204. The van der Waals surface area contributed by atoms with Gasteiger partial charge < -0.3 is 10.1 Å². The summed E-state index contributed by atoms with van der Waals surface area (Å²) in [6, 6.07) is 15.1. The molecule has 0 saturated carbocycles. The van der Waals surface area contributed by atoms with Crippen molar-refractivity contribution in [1.82, 2.24) is 5.32 Å². The van der Waals surface area contributed by atoms with E-state index in [2.05, 4.69) is 62.5 Å². The van der Waals surface area contributed by atoms with Gasteiger partial charge in [0.15, 0.2) is 0 Å². The zero-order valence-corrected chi connectivity index (χ0v) is 13.4. The summed E-state index contributed by atoms with van der Waals surface area (Å²) < 4.78 is 5.64. The van der Waals surface area contributed by atoms with Crippen LogP contribution in [0.4, 0.5) is 0 Å². The number of ether oxygens (including phenoxy) is 1. The quantitative estimate of drug-likeness (QED) is 0.848. The molecule has 1 N–H and O–H groups in total. The van der Waals surface area contributed by atoms with Crippen LogP contribution in [0.2, 0.25) is 0 Å². The van der Waals surface area contributed by atoms with Crippen LogP contribution in [-0.2, 0) is 0 Å². The van der Waals surface area contributed by atoms with Crippen LogP contribution in [0.25, 0.3) is 0 Å². The van der Waals surface area contributed by atoms with Gasteiger partial charge in [0.25, 0.3) is 0 Å². The molecule has 2 rings (SSSR count). The van der Waals surface area contributed by atoms with Crippen LogP contribution >= 0.6 is 0 Å². The van der Waals surface area contributed by atoms with Crippen LogP contribution in [-0.4, -0.2) is 13.2 Å². The fourth-order valence-electron chi connectivity index (χ4n) is 2.65. The fourth-order valence-corrected chi connectivity index (χ4v) is 2.65. The van der Waals surface area contributed by atoms with Crippen LogP contribution in [0.3, 0.4) is 0 Å².